The summed E-state index contributed by atoms with van der Waals surface area (Å²) in [7, 11) is 0. The molecule has 5 rings (SSSR count). The molecule has 0 radical (unpaired) electrons. The molecule has 43 heavy (non-hydrogen) atoms. The molecule has 3 aliphatic heterocycles. The van der Waals surface area contributed by atoms with Gasteiger partial charge in [0.15, 0.2) is 0 Å². The van der Waals surface area contributed by atoms with Crippen LogP contribution in [-0.4, -0.2) is 77.3 Å². The number of hydrogen-bond acceptors (Lipinski definition) is 6. The van der Waals surface area contributed by atoms with Gasteiger partial charge in [-0.1, -0.05) is 44.2 Å². The maximum absolute atomic E-state index is 14.5. The highest BCUT2D eigenvalue weighted by Gasteiger charge is 2.79. The second-order valence-electron chi connectivity index (χ2n) is 12.1. The molecule has 9 heteroatoms. The number of likely N-dealkylation sites (tertiary alicyclic amines) is 1. The Labute approximate surface area is 255 Å². The van der Waals surface area contributed by atoms with E-state index in [0.29, 0.717) is 37.9 Å². The summed E-state index contributed by atoms with van der Waals surface area (Å²) >= 11 is 0. The number of rotatable bonds is 13. The highest BCUT2D eigenvalue weighted by molar-refractivity contribution is 6.04. The summed E-state index contributed by atoms with van der Waals surface area (Å²) in [6.45, 7) is 10.1. The number of nitrogens with one attached hydrogen (secondary N) is 2. The summed E-state index contributed by atoms with van der Waals surface area (Å²) in [5.74, 6) is -2.35. The standard InChI is InChI=1S/C34H46N4O5/c1-5-20-35-30(40)27-28-32(42)38(26(22-39)21-23-12-10-9-11-13-23)29(34(28)19-18-33(27,6-2)43-34)31(41)36-24-14-16-25(17-15-24)37(7-3)8-4/h9-17,26-29,39H,5-8,18-22H2,1-4H3,(H,35,40)(H,36,41)/t26-,27-,28+,29?,33+,34?/m1/s1. The van der Waals surface area contributed by atoms with Gasteiger partial charge in [-0.2, -0.15) is 0 Å². The van der Waals surface area contributed by atoms with Crippen LogP contribution in [0.1, 0.15) is 58.9 Å². The zero-order valence-corrected chi connectivity index (χ0v) is 25.8. The average molecular weight is 591 g/mol. The monoisotopic (exact) mass is 590 g/mol. The first kappa shape index (κ1) is 31.0. The topological polar surface area (TPSA) is 111 Å². The lowest BCUT2D eigenvalue weighted by molar-refractivity contribution is -0.149. The first-order chi connectivity index (χ1) is 20.8. The maximum Gasteiger partial charge on any atom is 0.250 e. The van der Waals surface area contributed by atoms with Crippen molar-refractivity contribution in [2.24, 2.45) is 11.8 Å². The van der Waals surface area contributed by atoms with E-state index >= 15 is 0 Å². The predicted molar refractivity (Wildman–Crippen MR) is 167 cm³/mol. The van der Waals surface area contributed by atoms with Crippen LogP contribution >= 0.6 is 0 Å². The Kier molecular flexibility index (Phi) is 9.13. The van der Waals surface area contributed by atoms with E-state index in [4.69, 9.17) is 4.74 Å². The number of nitrogens with zero attached hydrogens (tertiary/aromatic N) is 2. The Bertz CT molecular complexity index is 1300. The van der Waals surface area contributed by atoms with Crippen LogP contribution in [0, 0.1) is 11.8 Å². The van der Waals surface area contributed by atoms with Crippen molar-refractivity contribution in [3.8, 4) is 0 Å². The second-order valence-corrected chi connectivity index (χ2v) is 12.1. The molecule has 3 aliphatic rings. The summed E-state index contributed by atoms with van der Waals surface area (Å²) in [5, 5.41) is 16.7. The van der Waals surface area contributed by atoms with Gasteiger partial charge < -0.3 is 30.3 Å². The van der Waals surface area contributed by atoms with Gasteiger partial charge in [-0.15, -0.1) is 0 Å². The molecule has 6 atom stereocenters. The lowest BCUT2D eigenvalue weighted by Gasteiger charge is -2.37. The third kappa shape index (κ3) is 5.31. The zero-order valence-electron chi connectivity index (χ0n) is 25.8. The molecule has 9 nitrogen and oxygen atoms in total. The van der Waals surface area contributed by atoms with Gasteiger partial charge in [-0.3, -0.25) is 14.4 Å². The summed E-state index contributed by atoms with van der Waals surface area (Å²) in [5.41, 5.74) is 0.666. The number of fused-ring (bicyclic) bond motifs is 1. The minimum Gasteiger partial charge on any atom is -0.394 e. The number of ether oxygens (including phenoxy) is 1. The summed E-state index contributed by atoms with van der Waals surface area (Å²) in [6.07, 6.45) is 2.80. The summed E-state index contributed by atoms with van der Waals surface area (Å²) in [6, 6.07) is 15.7. The number of aliphatic hydroxyl groups is 1. The van der Waals surface area contributed by atoms with Gasteiger partial charge in [0.25, 0.3) is 0 Å². The molecule has 3 N–H and O–H groups in total. The minimum absolute atomic E-state index is 0.194. The van der Waals surface area contributed by atoms with Crippen molar-refractivity contribution in [2.45, 2.75) is 83.1 Å². The van der Waals surface area contributed by atoms with E-state index in [2.05, 4.69) is 29.4 Å². The van der Waals surface area contributed by atoms with Crippen molar-refractivity contribution in [3.05, 3.63) is 60.2 Å². The molecule has 2 aromatic carbocycles. The SMILES string of the molecule is CCCNC(=O)[C@H]1[C@H]2C(=O)N([C@@H](CO)Cc3ccccc3)C(C(=O)Nc3ccc(N(CC)CC)cc3)C23CC[C@]1(CC)O3. The molecule has 1 spiro atoms. The van der Waals surface area contributed by atoms with E-state index in [1.54, 1.807) is 4.90 Å². The summed E-state index contributed by atoms with van der Waals surface area (Å²) < 4.78 is 6.86. The Morgan fingerprint density at radius 3 is 2.33 bits per heavy atom. The molecule has 0 aliphatic carbocycles. The van der Waals surface area contributed by atoms with Gasteiger partial charge in [0.05, 0.1) is 30.1 Å². The van der Waals surface area contributed by atoms with E-state index < -0.39 is 35.1 Å². The first-order valence-corrected chi connectivity index (χ1v) is 15.9. The van der Waals surface area contributed by atoms with E-state index in [0.717, 1.165) is 30.8 Å². The lowest BCUT2D eigenvalue weighted by atomic mass is 9.65. The Morgan fingerprint density at radius 2 is 1.72 bits per heavy atom. The van der Waals surface area contributed by atoms with Crippen molar-refractivity contribution in [2.75, 3.05) is 36.5 Å². The van der Waals surface area contributed by atoms with E-state index in [1.165, 1.54) is 0 Å². The number of anilines is 2. The number of aliphatic hydroxyl groups excluding tert-OH is 1. The van der Waals surface area contributed by atoms with Crippen molar-refractivity contribution in [1.82, 2.24) is 10.2 Å². The fraction of sp³-hybridized carbons (Fsp3) is 0.559. The van der Waals surface area contributed by atoms with Crippen LogP contribution < -0.4 is 15.5 Å². The van der Waals surface area contributed by atoms with Crippen LogP contribution in [0.15, 0.2) is 54.6 Å². The van der Waals surface area contributed by atoms with E-state index in [1.807, 2.05) is 68.4 Å². The molecule has 3 amide bonds. The van der Waals surface area contributed by atoms with Gasteiger partial charge >= 0.3 is 0 Å². The number of carbonyl (C=O) groups excluding carboxylic acids is 3. The Morgan fingerprint density at radius 1 is 1.02 bits per heavy atom. The predicted octanol–water partition coefficient (Wildman–Crippen LogP) is 3.76. The molecule has 0 aromatic heterocycles. The number of hydrogen-bond donors (Lipinski definition) is 3. The molecule has 2 aromatic rings. The van der Waals surface area contributed by atoms with Gasteiger partial charge in [0.2, 0.25) is 17.7 Å². The molecule has 232 valence electrons. The summed E-state index contributed by atoms with van der Waals surface area (Å²) in [4.78, 5) is 46.3. The third-order valence-corrected chi connectivity index (χ3v) is 9.88. The van der Waals surface area contributed by atoms with Gasteiger partial charge in [0.1, 0.15) is 11.6 Å². The highest BCUT2D eigenvalue weighted by atomic mass is 16.5. The van der Waals surface area contributed by atoms with E-state index in [-0.39, 0.29) is 24.3 Å². The molecular formula is C34H46N4O5. The van der Waals surface area contributed by atoms with Crippen molar-refractivity contribution >= 4 is 29.1 Å². The Hall–Kier alpha value is -3.43. The second kappa shape index (κ2) is 12.7. The van der Waals surface area contributed by atoms with Crippen LogP contribution in [-0.2, 0) is 25.5 Å². The Balaban J connectivity index is 1.53. The highest BCUT2D eigenvalue weighted by Crippen LogP contribution is 2.64. The largest absolute Gasteiger partial charge is 0.394 e. The minimum atomic E-state index is -1.16. The van der Waals surface area contributed by atoms with Gasteiger partial charge in [0, 0.05) is 31.0 Å². The van der Waals surface area contributed by atoms with Crippen LogP contribution in [0.3, 0.4) is 0 Å². The quantitative estimate of drug-likeness (QED) is 0.328. The molecule has 3 fully saturated rings. The van der Waals surface area contributed by atoms with Crippen molar-refractivity contribution < 1.29 is 24.2 Å². The number of amides is 3. The smallest absolute Gasteiger partial charge is 0.250 e. The normalized spacial score (nSPS) is 28.1. The molecule has 0 saturated carbocycles. The lowest BCUT2D eigenvalue weighted by Crippen LogP contribution is -2.57. The first-order valence-electron chi connectivity index (χ1n) is 15.9. The molecule has 2 unspecified atom stereocenters. The average Bonchev–Trinajstić information content (AvgIpc) is 3.64. The number of benzene rings is 2. The van der Waals surface area contributed by atoms with Crippen LogP contribution in [0.4, 0.5) is 11.4 Å². The van der Waals surface area contributed by atoms with Crippen molar-refractivity contribution in [1.29, 1.82) is 0 Å². The number of carbonyl (C=O) groups is 3. The van der Waals surface area contributed by atoms with Crippen LogP contribution in [0.2, 0.25) is 0 Å². The molecule has 3 saturated heterocycles. The van der Waals surface area contributed by atoms with E-state index in [9.17, 15) is 19.5 Å². The fourth-order valence-corrected chi connectivity index (χ4v) is 7.80. The molecule has 3 heterocycles. The fourth-order valence-electron chi connectivity index (χ4n) is 7.80. The molecule has 2 bridgehead atoms. The van der Waals surface area contributed by atoms with Crippen LogP contribution in [0.5, 0.6) is 0 Å². The zero-order chi connectivity index (χ0) is 30.8. The molecular weight excluding hydrogens is 544 g/mol. The van der Waals surface area contributed by atoms with Gasteiger partial charge in [-0.25, -0.2) is 0 Å². The van der Waals surface area contributed by atoms with Crippen molar-refractivity contribution in [3.63, 3.8) is 0 Å². The third-order valence-electron chi connectivity index (χ3n) is 9.88. The van der Waals surface area contributed by atoms with Crippen LogP contribution in [0.25, 0.3) is 0 Å². The van der Waals surface area contributed by atoms with Gasteiger partial charge in [-0.05, 0) is 75.8 Å². The maximum atomic E-state index is 14.5.